The summed E-state index contributed by atoms with van der Waals surface area (Å²) in [6, 6.07) is 12.4. The zero-order chi connectivity index (χ0) is 14.7. The Morgan fingerprint density at radius 1 is 1.30 bits per heavy atom. The second kappa shape index (κ2) is 6.20. The molecule has 0 atom stereocenters. The lowest BCUT2D eigenvalue weighted by Crippen LogP contribution is -2.18. The number of halogens is 2. The highest BCUT2D eigenvalue weighted by atomic mass is 35.5. The van der Waals surface area contributed by atoms with Gasteiger partial charge in [-0.05, 0) is 29.8 Å². The molecule has 5 heteroatoms. The van der Waals surface area contributed by atoms with Crippen molar-refractivity contribution >= 4 is 34.5 Å². The third-order valence-electron chi connectivity index (χ3n) is 3.02. The number of thiocarbonyl (C=S) groups is 1. The zero-order valence-corrected chi connectivity index (χ0v) is 12.5. The van der Waals surface area contributed by atoms with Gasteiger partial charge in [-0.1, -0.05) is 42.0 Å². The van der Waals surface area contributed by atoms with Gasteiger partial charge < -0.3 is 10.6 Å². The van der Waals surface area contributed by atoms with Crippen molar-refractivity contribution in [2.24, 2.45) is 5.73 Å². The Morgan fingerprint density at radius 2 is 2.00 bits per heavy atom. The largest absolute Gasteiger partial charge is 0.389 e. The first-order valence-corrected chi connectivity index (χ1v) is 6.81. The van der Waals surface area contributed by atoms with Gasteiger partial charge in [-0.2, -0.15) is 0 Å². The fourth-order valence-electron chi connectivity index (χ4n) is 1.91. The number of nitrogens with zero attached hydrogens (tertiary/aromatic N) is 1. The Bertz CT molecular complexity index is 646. The minimum absolute atomic E-state index is 0.0582. The van der Waals surface area contributed by atoms with Crippen molar-refractivity contribution in [2.45, 2.75) is 6.54 Å². The molecule has 0 saturated carbocycles. The Morgan fingerprint density at radius 3 is 2.60 bits per heavy atom. The second-order valence-electron chi connectivity index (χ2n) is 4.48. The number of hydrogen-bond donors (Lipinski definition) is 1. The van der Waals surface area contributed by atoms with Crippen molar-refractivity contribution in [3.05, 3.63) is 64.4 Å². The smallest absolute Gasteiger partial charge is 0.135 e. The molecule has 0 saturated heterocycles. The van der Waals surface area contributed by atoms with Crippen LogP contribution < -0.4 is 10.6 Å². The maximum absolute atomic E-state index is 13.9. The van der Waals surface area contributed by atoms with E-state index in [4.69, 9.17) is 29.6 Å². The van der Waals surface area contributed by atoms with Crippen molar-refractivity contribution < 1.29 is 4.39 Å². The monoisotopic (exact) mass is 308 g/mol. The van der Waals surface area contributed by atoms with E-state index in [1.807, 2.05) is 36.2 Å². The van der Waals surface area contributed by atoms with Crippen LogP contribution in [0.15, 0.2) is 42.5 Å². The molecule has 0 aliphatic carbocycles. The van der Waals surface area contributed by atoms with Crippen molar-refractivity contribution in [1.82, 2.24) is 0 Å². The van der Waals surface area contributed by atoms with Gasteiger partial charge in [0.25, 0.3) is 0 Å². The predicted octanol–water partition coefficient (Wildman–Crippen LogP) is 3.75. The maximum Gasteiger partial charge on any atom is 0.135 e. The van der Waals surface area contributed by atoms with Gasteiger partial charge in [0.15, 0.2) is 0 Å². The molecule has 0 amide bonds. The summed E-state index contributed by atoms with van der Waals surface area (Å²) in [6.07, 6.45) is 0. The van der Waals surface area contributed by atoms with E-state index in [-0.39, 0.29) is 10.6 Å². The standard InChI is InChI=1S/C15H14ClFN2S/c1-19(9-10-4-2-3-5-13(10)16)11-6-7-12(15(18)20)14(17)8-11/h2-8H,9H2,1H3,(H2,18,20). The Balaban J connectivity index is 2.22. The number of anilines is 1. The lowest BCUT2D eigenvalue weighted by atomic mass is 10.1. The summed E-state index contributed by atoms with van der Waals surface area (Å²) in [5.41, 5.74) is 7.42. The van der Waals surface area contributed by atoms with Crippen LogP contribution in [0.4, 0.5) is 10.1 Å². The first kappa shape index (κ1) is 14.8. The first-order chi connectivity index (χ1) is 9.49. The van der Waals surface area contributed by atoms with E-state index in [2.05, 4.69) is 0 Å². The van der Waals surface area contributed by atoms with Gasteiger partial charge >= 0.3 is 0 Å². The molecule has 2 rings (SSSR count). The average molecular weight is 309 g/mol. The highest BCUT2D eigenvalue weighted by Crippen LogP contribution is 2.22. The van der Waals surface area contributed by atoms with E-state index in [9.17, 15) is 4.39 Å². The van der Waals surface area contributed by atoms with E-state index in [0.717, 1.165) is 11.3 Å². The highest BCUT2D eigenvalue weighted by molar-refractivity contribution is 7.80. The number of rotatable bonds is 4. The van der Waals surface area contributed by atoms with Gasteiger partial charge in [0, 0.05) is 29.9 Å². The highest BCUT2D eigenvalue weighted by Gasteiger charge is 2.10. The lowest BCUT2D eigenvalue weighted by molar-refractivity contribution is 0.625. The van der Waals surface area contributed by atoms with Gasteiger partial charge in [0.1, 0.15) is 10.8 Å². The van der Waals surface area contributed by atoms with E-state index >= 15 is 0 Å². The van der Waals surface area contributed by atoms with Crippen LogP contribution in [0.2, 0.25) is 5.02 Å². The number of nitrogens with two attached hydrogens (primary N) is 1. The quantitative estimate of drug-likeness (QED) is 0.872. The maximum atomic E-state index is 13.9. The molecule has 20 heavy (non-hydrogen) atoms. The van der Waals surface area contributed by atoms with E-state index < -0.39 is 5.82 Å². The predicted molar refractivity (Wildman–Crippen MR) is 85.8 cm³/mol. The molecular weight excluding hydrogens is 295 g/mol. The van der Waals surface area contributed by atoms with Crippen LogP contribution >= 0.6 is 23.8 Å². The summed E-state index contributed by atoms with van der Waals surface area (Å²) in [5.74, 6) is -0.416. The van der Waals surface area contributed by atoms with Gasteiger partial charge in [-0.3, -0.25) is 0 Å². The molecule has 2 aromatic carbocycles. The average Bonchev–Trinajstić information content (AvgIpc) is 2.40. The normalized spacial score (nSPS) is 10.3. The molecule has 0 aliphatic rings. The van der Waals surface area contributed by atoms with Crippen LogP contribution in [0.5, 0.6) is 0 Å². The minimum Gasteiger partial charge on any atom is -0.389 e. The van der Waals surface area contributed by atoms with Crippen LogP contribution in [-0.4, -0.2) is 12.0 Å². The molecule has 0 radical (unpaired) electrons. The van der Waals surface area contributed by atoms with Crippen LogP contribution in [0.1, 0.15) is 11.1 Å². The van der Waals surface area contributed by atoms with Gasteiger partial charge in [0.2, 0.25) is 0 Å². The summed E-state index contributed by atoms with van der Waals surface area (Å²) >= 11 is 10.9. The molecule has 0 spiro atoms. The van der Waals surface area contributed by atoms with E-state index in [1.165, 1.54) is 6.07 Å². The molecule has 0 aliphatic heterocycles. The minimum atomic E-state index is -0.416. The Kier molecular flexibility index (Phi) is 4.57. The van der Waals surface area contributed by atoms with Crippen LogP contribution in [0.25, 0.3) is 0 Å². The van der Waals surface area contributed by atoms with Crippen molar-refractivity contribution in [3.8, 4) is 0 Å². The first-order valence-electron chi connectivity index (χ1n) is 6.03. The van der Waals surface area contributed by atoms with Crippen LogP contribution in [-0.2, 0) is 6.54 Å². The Labute approximate surface area is 128 Å². The molecule has 0 fully saturated rings. The fraction of sp³-hybridized carbons (Fsp3) is 0.133. The summed E-state index contributed by atoms with van der Waals surface area (Å²) in [4.78, 5) is 1.97. The van der Waals surface area contributed by atoms with E-state index in [0.29, 0.717) is 11.6 Å². The molecule has 2 nitrogen and oxygen atoms in total. The summed E-state index contributed by atoms with van der Waals surface area (Å²) < 4.78 is 13.9. The van der Waals surface area contributed by atoms with Gasteiger partial charge in [-0.25, -0.2) is 4.39 Å². The molecule has 0 unspecified atom stereocenters. The zero-order valence-electron chi connectivity index (χ0n) is 10.9. The fourth-order valence-corrected chi connectivity index (χ4v) is 2.28. The second-order valence-corrected chi connectivity index (χ2v) is 5.32. The van der Waals surface area contributed by atoms with Crippen LogP contribution in [0.3, 0.4) is 0 Å². The molecule has 0 aromatic heterocycles. The Hall–Kier alpha value is -1.65. The van der Waals surface area contributed by atoms with Crippen LogP contribution in [0, 0.1) is 5.82 Å². The molecule has 104 valence electrons. The third kappa shape index (κ3) is 3.26. The SMILES string of the molecule is CN(Cc1ccccc1Cl)c1ccc(C(N)=S)c(F)c1. The topological polar surface area (TPSA) is 29.3 Å². The van der Waals surface area contributed by atoms with Gasteiger partial charge in [-0.15, -0.1) is 0 Å². The summed E-state index contributed by atoms with van der Waals surface area (Å²) in [5, 5.41) is 0.694. The van der Waals surface area contributed by atoms with Crippen molar-refractivity contribution in [1.29, 1.82) is 0 Å². The lowest BCUT2D eigenvalue weighted by Gasteiger charge is -2.20. The molecular formula is C15H14ClFN2S. The van der Waals surface area contributed by atoms with Crippen molar-refractivity contribution in [2.75, 3.05) is 11.9 Å². The molecule has 0 bridgehead atoms. The molecule has 0 heterocycles. The van der Waals surface area contributed by atoms with E-state index in [1.54, 1.807) is 12.1 Å². The third-order valence-corrected chi connectivity index (χ3v) is 3.61. The van der Waals surface area contributed by atoms with Gasteiger partial charge in [0.05, 0.1) is 0 Å². The number of benzene rings is 2. The molecule has 2 aromatic rings. The molecule has 2 N–H and O–H groups in total. The number of hydrogen-bond acceptors (Lipinski definition) is 2. The summed E-state index contributed by atoms with van der Waals surface area (Å²) in [6.45, 7) is 0.589. The summed E-state index contributed by atoms with van der Waals surface area (Å²) in [7, 11) is 1.87. The van der Waals surface area contributed by atoms with Crippen molar-refractivity contribution in [3.63, 3.8) is 0 Å².